The van der Waals surface area contributed by atoms with Crippen LogP contribution >= 0.6 is 0 Å². The van der Waals surface area contributed by atoms with Crippen LogP contribution in [0.2, 0.25) is 0 Å². The maximum atomic E-state index is 13.1. The highest BCUT2D eigenvalue weighted by Gasteiger charge is 2.30. The smallest absolute Gasteiger partial charge is 0.335 e. The van der Waals surface area contributed by atoms with Gasteiger partial charge in [0.2, 0.25) is 5.91 Å². The lowest BCUT2D eigenvalue weighted by molar-refractivity contribution is -0.121. The molecule has 1 heterocycles. The van der Waals surface area contributed by atoms with Gasteiger partial charge in [0.25, 0.3) is 0 Å². The number of benzene rings is 2. The predicted octanol–water partition coefficient (Wildman–Crippen LogP) is 5.94. The minimum absolute atomic E-state index is 0.0805. The number of rotatable bonds is 9. The van der Waals surface area contributed by atoms with E-state index in [9.17, 15) is 14.7 Å². The summed E-state index contributed by atoms with van der Waals surface area (Å²) in [7, 11) is 1.54. The maximum Gasteiger partial charge on any atom is 0.335 e. The van der Waals surface area contributed by atoms with Gasteiger partial charge in [0.15, 0.2) is 0 Å². The number of hydrogen-bond acceptors (Lipinski definition) is 3. The Bertz CT molecular complexity index is 1140. The quantitative estimate of drug-likeness (QED) is 0.424. The molecule has 6 nitrogen and oxygen atoms in total. The lowest BCUT2D eigenvalue weighted by Gasteiger charge is -2.22. The molecule has 4 rings (SSSR count). The molecule has 33 heavy (non-hydrogen) atoms. The van der Waals surface area contributed by atoms with Crippen LogP contribution in [0.15, 0.2) is 48.7 Å². The number of fused-ring (bicyclic) bond motifs is 1. The van der Waals surface area contributed by atoms with Crippen molar-refractivity contribution < 1.29 is 19.4 Å². The molecule has 1 aliphatic carbocycles. The van der Waals surface area contributed by atoms with Gasteiger partial charge in [-0.25, -0.2) is 4.79 Å². The molecule has 1 amide bonds. The second-order valence-electron chi connectivity index (χ2n) is 8.98. The Kier molecular flexibility index (Phi) is 7.02. The van der Waals surface area contributed by atoms with E-state index in [1.165, 1.54) is 12.8 Å². The molecule has 1 unspecified atom stereocenters. The molecule has 3 aromatic rings. The number of amides is 1. The number of nitrogens with one attached hydrogen (secondary N) is 1. The normalized spacial score (nSPS) is 15.0. The monoisotopic (exact) mass is 448 g/mol. The summed E-state index contributed by atoms with van der Waals surface area (Å²) in [6, 6.07) is 13.0. The zero-order valence-electron chi connectivity index (χ0n) is 19.3. The summed E-state index contributed by atoms with van der Waals surface area (Å²) in [4.78, 5) is 24.4. The highest BCUT2D eigenvalue weighted by molar-refractivity contribution is 5.95. The highest BCUT2D eigenvalue weighted by atomic mass is 16.5. The van der Waals surface area contributed by atoms with Crippen LogP contribution in [0.1, 0.15) is 61.4 Å². The summed E-state index contributed by atoms with van der Waals surface area (Å²) in [5.41, 5.74) is 2.89. The summed E-state index contributed by atoms with van der Waals surface area (Å²) >= 11 is 0. The third kappa shape index (κ3) is 5.05. The van der Waals surface area contributed by atoms with E-state index in [2.05, 4.69) is 16.8 Å². The molecule has 6 heteroatoms. The molecule has 1 atom stereocenters. The SMILES string of the molecule is CCCC(C(=O)Nc1ccc2ccn(Cc3ccc(C(=O)O)cc3OC)c2c1)C1CCCC1. The predicted molar refractivity (Wildman–Crippen MR) is 130 cm³/mol. The first-order valence-electron chi connectivity index (χ1n) is 11.8. The van der Waals surface area contributed by atoms with Gasteiger partial charge in [-0.2, -0.15) is 0 Å². The molecular weight excluding hydrogens is 416 g/mol. The number of aromatic nitrogens is 1. The summed E-state index contributed by atoms with van der Waals surface area (Å²) in [6.45, 7) is 2.68. The molecule has 2 aromatic carbocycles. The van der Waals surface area contributed by atoms with Crippen molar-refractivity contribution in [3.8, 4) is 5.75 Å². The van der Waals surface area contributed by atoms with Crippen molar-refractivity contribution in [2.45, 2.75) is 52.0 Å². The first kappa shape index (κ1) is 22.9. The van der Waals surface area contributed by atoms with Crippen LogP contribution in [0.4, 0.5) is 5.69 Å². The first-order chi connectivity index (χ1) is 16.0. The third-order valence-corrected chi connectivity index (χ3v) is 6.82. The number of nitrogens with zero attached hydrogens (tertiary/aromatic N) is 1. The van der Waals surface area contributed by atoms with E-state index < -0.39 is 5.97 Å². The van der Waals surface area contributed by atoms with Gasteiger partial charge in [-0.05, 0) is 60.9 Å². The molecule has 0 saturated heterocycles. The maximum absolute atomic E-state index is 13.1. The highest BCUT2D eigenvalue weighted by Crippen LogP contribution is 2.35. The lowest BCUT2D eigenvalue weighted by Crippen LogP contribution is -2.28. The third-order valence-electron chi connectivity index (χ3n) is 6.82. The van der Waals surface area contributed by atoms with Crippen LogP contribution in [0.25, 0.3) is 10.9 Å². The topological polar surface area (TPSA) is 80.6 Å². The van der Waals surface area contributed by atoms with Crippen molar-refractivity contribution in [2.75, 3.05) is 12.4 Å². The Morgan fingerprint density at radius 3 is 2.64 bits per heavy atom. The fraction of sp³-hybridized carbons (Fsp3) is 0.407. The van der Waals surface area contributed by atoms with Gasteiger partial charge in [0.1, 0.15) is 5.75 Å². The van der Waals surface area contributed by atoms with Crippen molar-refractivity contribution in [1.29, 1.82) is 0 Å². The number of carbonyl (C=O) groups is 2. The number of carbonyl (C=O) groups excluding carboxylic acids is 1. The number of methoxy groups -OCH3 is 1. The van der Waals surface area contributed by atoms with E-state index in [1.807, 2.05) is 30.5 Å². The Morgan fingerprint density at radius 2 is 1.94 bits per heavy atom. The molecule has 1 aromatic heterocycles. The molecule has 174 valence electrons. The van der Waals surface area contributed by atoms with Crippen LogP contribution in [-0.2, 0) is 11.3 Å². The van der Waals surface area contributed by atoms with Crippen molar-refractivity contribution in [3.63, 3.8) is 0 Å². The van der Waals surface area contributed by atoms with E-state index in [1.54, 1.807) is 25.3 Å². The molecule has 0 spiro atoms. The second-order valence-corrected chi connectivity index (χ2v) is 8.98. The summed E-state index contributed by atoms with van der Waals surface area (Å²) in [5, 5.41) is 13.5. The van der Waals surface area contributed by atoms with Crippen LogP contribution in [0, 0.1) is 11.8 Å². The molecule has 0 aliphatic heterocycles. The molecular formula is C27H32N2O4. The Morgan fingerprint density at radius 1 is 1.15 bits per heavy atom. The van der Waals surface area contributed by atoms with Crippen LogP contribution in [0.5, 0.6) is 5.75 Å². The van der Waals surface area contributed by atoms with Gasteiger partial charge in [0, 0.05) is 23.4 Å². The molecule has 1 aliphatic rings. The van der Waals surface area contributed by atoms with Crippen molar-refractivity contribution in [1.82, 2.24) is 4.57 Å². The molecule has 1 fully saturated rings. The lowest BCUT2D eigenvalue weighted by atomic mass is 9.86. The van der Waals surface area contributed by atoms with Gasteiger partial charge < -0.3 is 19.7 Å². The van der Waals surface area contributed by atoms with E-state index in [0.29, 0.717) is 18.2 Å². The van der Waals surface area contributed by atoms with Crippen LogP contribution in [0.3, 0.4) is 0 Å². The van der Waals surface area contributed by atoms with Crippen molar-refractivity contribution in [3.05, 3.63) is 59.8 Å². The minimum atomic E-state index is -0.981. The molecule has 0 bridgehead atoms. The van der Waals surface area contributed by atoms with Gasteiger partial charge in [0.05, 0.1) is 24.7 Å². The Balaban J connectivity index is 1.56. The fourth-order valence-corrected chi connectivity index (χ4v) is 5.08. The first-order valence-corrected chi connectivity index (χ1v) is 11.8. The van der Waals surface area contributed by atoms with Crippen LogP contribution < -0.4 is 10.1 Å². The number of carboxylic acid groups (broad SMARTS) is 1. The van der Waals surface area contributed by atoms with Gasteiger partial charge in [-0.1, -0.05) is 38.3 Å². The van der Waals surface area contributed by atoms with Crippen molar-refractivity contribution >= 4 is 28.5 Å². The Labute approximate surface area is 194 Å². The van der Waals surface area contributed by atoms with E-state index in [0.717, 1.165) is 47.8 Å². The average Bonchev–Trinajstić information content (AvgIpc) is 3.48. The average molecular weight is 449 g/mol. The molecule has 0 radical (unpaired) electrons. The zero-order valence-corrected chi connectivity index (χ0v) is 19.3. The van der Waals surface area contributed by atoms with E-state index in [-0.39, 0.29) is 17.4 Å². The zero-order chi connectivity index (χ0) is 23.4. The van der Waals surface area contributed by atoms with Crippen LogP contribution in [-0.4, -0.2) is 28.7 Å². The van der Waals surface area contributed by atoms with Crippen molar-refractivity contribution in [2.24, 2.45) is 11.8 Å². The minimum Gasteiger partial charge on any atom is -0.496 e. The molecule has 2 N–H and O–H groups in total. The summed E-state index contributed by atoms with van der Waals surface area (Å²) in [6.07, 6.45) is 8.72. The van der Waals surface area contributed by atoms with Gasteiger partial charge in [-0.15, -0.1) is 0 Å². The van der Waals surface area contributed by atoms with E-state index in [4.69, 9.17) is 4.74 Å². The number of anilines is 1. The van der Waals surface area contributed by atoms with E-state index >= 15 is 0 Å². The number of hydrogen-bond donors (Lipinski definition) is 2. The van der Waals surface area contributed by atoms with Gasteiger partial charge >= 0.3 is 5.97 Å². The number of ether oxygens (including phenoxy) is 1. The summed E-state index contributed by atoms with van der Waals surface area (Å²) in [5.74, 6) is 0.272. The fourth-order valence-electron chi connectivity index (χ4n) is 5.08. The summed E-state index contributed by atoms with van der Waals surface area (Å²) < 4.78 is 7.52. The van der Waals surface area contributed by atoms with Gasteiger partial charge in [-0.3, -0.25) is 4.79 Å². The molecule has 1 saturated carbocycles. The largest absolute Gasteiger partial charge is 0.496 e. The standard InChI is InChI=1S/C27H32N2O4/c1-3-6-23(18-7-4-5-8-18)26(30)28-22-12-11-19-13-14-29(24(19)16-22)17-21-10-9-20(27(31)32)15-25(21)33-2/h9-16,18,23H,3-8,17H2,1-2H3,(H,28,30)(H,31,32). The Hall–Kier alpha value is -3.28. The number of aromatic carboxylic acids is 1. The second kappa shape index (κ2) is 10.1. The number of carboxylic acids is 1.